The van der Waals surface area contributed by atoms with Gasteiger partial charge in [-0.2, -0.15) is 0 Å². The molecule has 1 aromatic heterocycles. The number of rotatable bonds is 3. The third-order valence-corrected chi connectivity index (χ3v) is 3.25. The van der Waals surface area contributed by atoms with E-state index in [0.29, 0.717) is 17.7 Å². The minimum atomic E-state index is 0.300. The van der Waals surface area contributed by atoms with Gasteiger partial charge >= 0.3 is 0 Å². The largest absolute Gasteiger partial charge is 0.508 e. The highest BCUT2D eigenvalue weighted by Crippen LogP contribution is 2.39. The highest BCUT2D eigenvalue weighted by Gasteiger charge is 2.28. The van der Waals surface area contributed by atoms with Gasteiger partial charge in [0.15, 0.2) is 0 Å². The van der Waals surface area contributed by atoms with Crippen molar-refractivity contribution in [3.05, 3.63) is 24.0 Å². The van der Waals surface area contributed by atoms with Crippen molar-refractivity contribution in [3.8, 4) is 5.75 Å². The van der Waals surface area contributed by atoms with Crippen LogP contribution in [0.1, 0.15) is 38.6 Å². The lowest BCUT2D eigenvalue weighted by Gasteiger charge is -2.09. The molecule has 2 aromatic rings. The SMILES string of the molecule is CC(C)Cc1nc2cc(O)ccc2n1C1CC1. The number of phenols is 1. The first-order chi connectivity index (χ1) is 8.15. The smallest absolute Gasteiger partial charge is 0.117 e. The van der Waals surface area contributed by atoms with Crippen LogP contribution in [-0.2, 0) is 6.42 Å². The third-order valence-electron chi connectivity index (χ3n) is 3.25. The Morgan fingerprint density at radius 3 is 2.82 bits per heavy atom. The zero-order chi connectivity index (χ0) is 12.0. The molecule has 1 aliphatic rings. The maximum Gasteiger partial charge on any atom is 0.117 e. The molecule has 0 spiro atoms. The van der Waals surface area contributed by atoms with E-state index in [-0.39, 0.29) is 0 Å². The summed E-state index contributed by atoms with van der Waals surface area (Å²) in [7, 11) is 0. The molecule has 90 valence electrons. The van der Waals surface area contributed by atoms with E-state index in [9.17, 15) is 5.11 Å². The van der Waals surface area contributed by atoms with Crippen LogP contribution >= 0.6 is 0 Å². The molecule has 0 radical (unpaired) electrons. The summed E-state index contributed by atoms with van der Waals surface area (Å²) in [6, 6.07) is 6.14. The number of nitrogens with zero attached hydrogens (tertiary/aromatic N) is 2. The molecule has 17 heavy (non-hydrogen) atoms. The molecule has 0 atom stereocenters. The number of hydrogen-bond acceptors (Lipinski definition) is 2. The summed E-state index contributed by atoms with van der Waals surface area (Å²) in [6.45, 7) is 4.43. The molecule has 1 heterocycles. The van der Waals surface area contributed by atoms with E-state index in [1.807, 2.05) is 6.07 Å². The molecule has 1 aromatic carbocycles. The Balaban J connectivity index is 2.15. The first-order valence-electron chi connectivity index (χ1n) is 6.35. The van der Waals surface area contributed by atoms with Crippen molar-refractivity contribution in [2.24, 2.45) is 5.92 Å². The summed E-state index contributed by atoms with van der Waals surface area (Å²) < 4.78 is 2.37. The van der Waals surface area contributed by atoms with Crippen LogP contribution in [0, 0.1) is 5.92 Å². The van der Waals surface area contributed by atoms with Gasteiger partial charge in [0.25, 0.3) is 0 Å². The van der Waals surface area contributed by atoms with E-state index < -0.39 is 0 Å². The van der Waals surface area contributed by atoms with Gasteiger partial charge in [-0.1, -0.05) is 13.8 Å². The van der Waals surface area contributed by atoms with Gasteiger partial charge in [-0.25, -0.2) is 4.98 Å². The molecular weight excluding hydrogens is 212 g/mol. The van der Waals surface area contributed by atoms with Crippen LogP contribution in [0.15, 0.2) is 18.2 Å². The third kappa shape index (κ3) is 1.90. The van der Waals surface area contributed by atoms with E-state index >= 15 is 0 Å². The van der Waals surface area contributed by atoms with Gasteiger partial charge in [0.05, 0.1) is 11.0 Å². The van der Waals surface area contributed by atoms with Crippen molar-refractivity contribution in [1.29, 1.82) is 0 Å². The first kappa shape index (κ1) is 10.6. The zero-order valence-corrected chi connectivity index (χ0v) is 10.3. The van der Waals surface area contributed by atoms with E-state index in [1.54, 1.807) is 12.1 Å². The fourth-order valence-electron chi connectivity index (χ4n) is 2.39. The molecular formula is C14H18N2O. The number of imidazole rings is 1. The molecule has 1 aliphatic carbocycles. The van der Waals surface area contributed by atoms with E-state index in [4.69, 9.17) is 0 Å². The predicted octanol–water partition coefficient (Wildman–Crippen LogP) is 3.28. The van der Waals surface area contributed by atoms with E-state index in [2.05, 4.69) is 23.4 Å². The van der Waals surface area contributed by atoms with Crippen molar-refractivity contribution < 1.29 is 5.11 Å². The van der Waals surface area contributed by atoms with Crippen LogP contribution in [0.25, 0.3) is 11.0 Å². The zero-order valence-electron chi connectivity index (χ0n) is 10.3. The Morgan fingerprint density at radius 2 is 2.18 bits per heavy atom. The van der Waals surface area contributed by atoms with Crippen molar-refractivity contribution in [2.75, 3.05) is 0 Å². The molecule has 1 fully saturated rings. The summed E-state index contributed by atoms with van der Waals surface area (Å²) in [5.74, 6) is 2.08. The fourth-order valence-corrected chi connectivity index (χ4v) is 2.39. The van der Waals surface area contributed by atoms with Gasteiger partial charge in [0, 0.05) is 18.5 Å². The lowest BCUT2D eigenvalue weighted by atomic mass is 10.1. The topological polar surface area (TPSA) is 38.1 Å². The molecule has 3 rings (SSSR count). The van der Waals surface area contributed by atoms with Crippen LogP contribution in [0.2, 0.25) is 0 Å². The Hall–Kier alpha value is -1.51. The molecule has 1 N–H and O–H groups in total. The first-order valence-corrected chi connectivity index (χ1v) is 6.35. The molecule has 3 nitrogen and oxygen atoms in total. The number of aromatic nitrogens is 2. The Labute approximate surface area is 101 Å². The highest BCUT2D eigenvalue weighted by molar-refractivity contribution is 5.78. The van der Waals surface area contributed by atoms with Crippen LogP contribution in [0.5, 0.6) is 5.75 Å². The van der Waals surface area contributed by atoms with Gasteiger partial charge in [0.1, 0.15) is 11.6 Å². The summed E-state index contributed by atoms with van der Waals surface area (Å²) in [4.78, 5) is 4.68. The Kier molecular flexibility index (Phi) is 2.35. The summed E-state index contributed by atoms with van der Waals surface area (Å²) in [6.07, 6.45) is 3.53. The Morgan fingerprint density at radius 1 is 1.41 bits per heavy atom. The number of fused-ring (bicyclic) bond motifs is 1. The summed E-state index contributed by atoms with van der Waals surface area (Å²) >= 11 is 0. The fraction of sp³-hybridized carbons (Fsp3) is 0.500. The number of benzene rings is 1. The van der Waals surface area contributed by atoms with Crippen molar-refractivity contribution in [2.45, 2.75) is 39.2 Å². The van der Waals surface area contributed by atoms with Crippen LogP contribution in [-0.4, -0.2) is 14.7 Å². The van der Waals surface area contributed by atoms with Crippen molar-refractivity contribution in [1.82, 2.24) is 9.55 Å². The second-order valence-electron chi connectivity index (χ2n) is 5.40. The van der Waals surface area contributed by atoms with Crippen molar-refractivity contribution in [3.63, 3.8) is 0 Å². The molecule has 0 aliphatic heterocycles. The number of hydrogen-bond donors (Lipinski definition) is 1. The highest BCUT2D eigenvalue weighted by atomic mass is 16.3. The van der Waals surface area contributed by atoms with Gasteiger partial charge < -0.3 is 9.67 Å². The van der Waals surface area contributed by atoms with Crippen LogP contribution < -0.4 is 0 Å². The van der Waals surface area contributed by atoms with E-state index in [1.165, 1.54) is 24.2 Å². The number of aromatic hydroxyl groups is 1. The molecule has 0 bridgehead atoms. The predicted molar refractivity (Wildman–Crippen MR) is 68.2 cm³/mol. The van der Waals surface area contributed by atoms with Crippen LogP contribution in [0.4, 0.5) is 0 Å². The minimum absolute atomic E-state index is 0.300. The second-order valence-corrected chi connectivity index (χ2v) is 5.40. The molecule has 0 unspecified atom stereocenters. The lowest BCUT2D eigenvalue weighted by molar-refractivity contribution is 0.476. The monoisotopic (exact) mass is 230 g/mol. The Bertz CT molecular complexity index is 553. The normalized spacial score (nSPS) is 15.9. The standard InChI is InChI=1S/C14H18N2O/c1-9(2)7-14-15-12-8-11(17)5-6-13(12)16(14)10-3-4-10/h5-6,8-10,17H,3-4,7H2,1-2H3. The summed E-state index contributed by atoms with van der Waals surface area (Å²) in [5, 5.41) is 9.52. The molecule has 3 heteroatoms. The number of phenolic OH excluding ortho intramolecular Hbond substituents is 1. The van der Waals surface area contributed by atoms with Gasteiger partial charge in [-0.05, 0) is 30.9 Å². The summed E-state index contributed by atoms with van der Waals surface area (Å²) in [5.41, 5.74) is 2.09. The van der Waals surface area contributed by atoms with Gasteiger partial charge in [-0.3, -0.25) is 0 Å². The molecule has 1 saturated carbocycles. The quantitative estimate of drug-likeness (QED) is 0.878. The van der Waals surface area contributed by atoms with Crippen LogP contribution in [0.3, 0.4) is 0 Å². The maximum atomic E-state index is 9.52. The second kappa shape index (κ2) is 3.76. The molecule has 0 amide bonds. The average Bonchev–Trinajstić information content (AvgIpc) is 3.00. The van der Waals surface area contributed by atoms with E-state index in [0.717, 1.165) is 11.9 Å². The molecule has 0 saturated heterocycles. The lowest BCUT2D eigenvalue weighted by Crippen LogP contribution is -2.05. The maximum absolute atomic E-state index is 9.52. The minimum Gasteiger partial charge on any atom is -0.508 e. The van der Waals surface area contributed by atoms with Gasteiger partial charge in [-0.15, -0.1) is 0 Å². The average molecular weight is 230 g/mol. The van der Waals surface area contributed by atoms with Crippen molar-refractivity contribution >= 4 is 11.0 Å². The van der Waals surface area contributed by atoms with Gasteiger partial charge in [0.2, 0.25) is 0 Å².